The molecule has 1 saturated heterocycles. The third-order valence-corrected chi connectivity index (χ3v) is 4.59. The summed E-state index contributed by atoms with van der Waals surface area (Å²) in [5, 5.41) is 7.38. The van der Waals surface area contributed by atoms with E-state index in [1.807, 2.05) is 0 Å². The number of likely N-dealkylation sites (tertiary alicyclic amines) is 1. The van der Waals surface area contributed by atoms with Gasteiger partial charge in [-0.1, -0.05) is 12.3 Å². The van der Waals surface area contributed by atoms with Crippen LogP contribution in [0.2, 0.25) is 0 Å². The van der Waals surface area contributed by atoms with Crippen molar-refractivity contribution in [2.24, 2.45) is 0 Å². The van der Waals surface area contributed by atoms with Crippen molar-refractivity contribution in [1.82, 2.24) is 14.7 Å². The van der Waals surface area contributed by atoms with Gasteiger partial charge in [-0.3, -0.25) is 9.69 Å². The Morgan fingerprint density at radius 3 is 2.86 bits per heavy atom. The highest BCUT2D eigenvalue weighted by Gasteiger charge is 2.17. The number of halogens is 1. The van der Waals surface area contributed by atoms with E-state index in [2.05, 4.69) is 44.1 Å². The van der Waals surface area contributed by atoms with Crippen molar-refractivity contribution in [1.29, 1.82) is 0 Å². The van der Waals surface area contributed by atoms with Crippen LogP contribution in [0.15, 0.2) is 15.5 Å². The molecule has 0 spiro atoms. The molecule has 0 aromatic carbocycles. The van der Waals surface area contributed by atoms with E-state index in [0.717, 1.165) is 25.3 Å². The Hall–Kier alpha value is -1.32. The molecule has 1 atom stereocenters. The summed E-state index contributed by atoms with van der Waals surface area (Å²) in [5.41, 5.74) is 0.515. The highest BCUT2D eigenvalue weighted by molar-refractivity contribution is 9.10. The fourth-order valence-corrected chi connectivity index (χ4v) is 2.98. The molecule has 0 radical (unpaired) electrons. The van der Waals surface area contributed by atoms with Crippen LogP contribution in [0.4, 0.5) is 5.69 Å². The summed E-state index contributed by atoms with van der Waals surface area (Å²) in [4.78, 5) is 14.5. The largest absolute Gasteiger partial charge is 0.381 e. The first-order valence-electron chi connectivity index (χ1n) is 7.30. The average molecular weight is 353 g/mol. The van der Waals surface area contributed by atoms with E-state index in [-0.39, 0.29) is 12.1 Å². The molecule has 1 aliphatic rings. The summed E-state index contributed by atoms with van der Waals surface area (Å²) in [5.74, 6) is 2.42. The molecular weight excluding hydrogens is 332 g/mol. The van der Waals surface area contributed by atoms with Gasteiger partial charge in [-0.2, -0.15) is 5.10 Å². The van der Waals surface area contributed by atoms with E-state index in [9.17, 15) is 4.79 Å². The third kappa shape index (κ3) is 4.08. The smallest absolute Gasteiger partial charge is 0.284 e. The van der Waals surface area contributed by atoms with Crippen molar-refractivity contribution in [2.45, 2.75) is 38.8 Å². The molecule has 2 rings (SSSR count). The maximum absolute atomic E-state index is 12.0. The number of aromatic nitrogens is 2. The van der Waals surface area contributed by atoms with Crippen LogP contribution in [0.1, 0.15) is 26.2 Å². The van der Waals surface area contributed by atoms with Gasteiger partial charge < -0.3 is 5.32 Å². The van der Waals surface area contributed by atoms with Crippen LogP contribution in [0.25, 0.3) is 0 Å². The Kier molecular flexibility index (Phi) is 5.83. The Balaban J connectivity index is 1.98. The molecule has 1 aliphatic heterocycles. The van der Waals surface area contributed by atoms with Crippen molar-refractivity contribution in [2.75, 3.05) is 25.0 Å². The third-order valence-electron chi connectivity index (χ3n) is 3.83. The number of hydrogen-bond donors (Lipinski definition) is 1. The van der Waals surface area contributed by atoms with E-state index >= 15 is 0 Å². The summed E-state index contributed by atoms with van der Waals surface area (Å²) in [6, 6.07) is 0.436. The highest BCUT2D eigenvalue weighted by Crippen LogP contribution is 2.17. The summed E-state index contributed by atoms with van der Waals surface area (Å²) >= 11 is 3.33. The first kappa shape index (κ1) is 16.1. The van der Waals surface area contributed by atoms with Gasteiger partial charge in [0.25, 0.3) is 5.56 Å². The van der Waals surface area contributed by atoms with E-state index in [0.29, 0.717) is 10.5 Å². The lowest BCUT2D eigenvalue weighted by molar-refractivity contribution is 0.180. The highest BCUT2D eigenvalue weighted by atomic mass is 79.9. The first-order chi connectivity index (χ1) is 10.1. The zero-order valence-electron chi connectivity index (χ0n) is 12.3. The van der Waals surface area contributed by atoms with Gasteiger partial charge in [0.2, 0.25) is 0 Å². The molecule has 114 valence electrons. The number of hydrogen-bond acceptors (Lipinski definition) is 4. The molecule has 1 aromatic heterocycles. The first-order valence-corrected chi connectivity index (χ1v) is 8.09. The monoisotopic (exact) mass is 352 g/mol. The molecule has 5 nitrogen and oxygen atoms in total. The second kappa shape index (κ2) is 7.62. The maximum atomic E-state index is 12.0. The summed E-state index contributed by atoms with van der Waals surface area (Å²) in [6.07, 6.45) is 10.7. The maximum Gasteiger partial charge on any atom is 0.284 e. The molecule has 6 heteroatoms. The molecule has 2 heterocycles. The van der Waals surface area contributed by atoms with Crippen molar-refractivity contribution >= 4 is 21.6 Å². The van der Waals surface area contributed by atoms with Crippen LogP contribution >= 0.6 is 15.9 Å². The van der Waals surface area contributed by atoms with E-state index in [4.69, 9.17) is 6.42 Å². The second-order valence-electron chi connectivity index (χ2n) is 5.37. The molecule has 0 saturated carbocycles. The SMILES string of the molecule is C#CCn1ncc(NCC(C)N2CCCCC2)c(Br)c1=O. The van der Waals surface area contributed by atoms with E-state index in [1.54, 1.807) is 6.20 Å². The molecule has 0 aliphatic carbocycles. The fourth-order valence-electron chi connectivity index (χ4n) is 2.53. The number of anilines is 1. The molecule has 1 fully saturated rings. The summed E-state index contributed by atoms with van der Waals surface area (Å²) < 4.78 is 1.75. The van der Waals surface area contributed by atoms with Crippen LogP contribution in [0.3, 0.4) is 0 Å². The quantitative estimate of drug-likeness (QED) is 0.822. The fraction of sp³-hybridized carbons (Fsp3) is 0.600. The zero-order valence-corrected chi connectivity index (χ0v) is 13.9. The van der Waals surface area contributed by atoms with Gasteiger partial charge in [0, 0.05) is 12.6 Å². The van der Waals surface area contributed by atoms with Crippen LogP contribution in [0.5, 0.6) is 0 Å². The van der Waals surface area contributed by atoms with Gasteiger partial charge in [-0.15, -0.1) is 6.42 Å². The Bertz CT molecular complexity index is 572. The number of rotatable bonds is 5. The van der Waals surface area contributed by atoms with Crippen molar-refractivity contribution in [3.8, 4) is 12.3 Å². The van der Waals surface area contributed by atoms with Crippen LogP contribution in [-0.2, 0) is 6.54 Å². The lowest BCUT2D eigenvalue weighted by atomic mass is 10.1. The van der Waals surface area contributed by atoms with Crippen LogP contribution < -0.4 is 10.9 Å². The Morgan fingerprint density at radius 2 is 2.19 bits per heavy atom. The van der Waals surface area contributed by atoms with Crippen LogP contribution in [-0.4, -0.2) is 40.4 Å². The minimum atomic E-state index is -0.205. The van der Waals surface area contributed by atoms with Gasteiger partial charge >= 0.3 is 0 Å². The number of piperidine rings is 1. The number of nitrogens with zero attached hydrogens (tertiary/aromatic N) is 3. The van der Waals surface area contributed by atoms with Gasteiger partial charge in [0.1, 0.15) is 11.0 Å². The molecule has 1 unspecified atom stereocenters. The molecule has 1 N–H and O–H groups in total. The Labute approximate surface area is 133 Å². The van der Waals surface area contributed by atoms with E-state index < -0.39 is 0 Å². The van der Waals surface area contributed by atoms with Gasteiger partial charge in [0.05, 0.1) is 11.9 Å². The lowest BCUT2D eigenvalue weighted by Gasteiger charge is -2.32. The van der Waals surface area contributed by atoms with Crippen molar-refractivity contribution < 1.29 is 0 Å². The average Bonchev–Trinajstić information content (AvgIpc) is 2.52. The van der Waals surface area contributed by atoms with Crippen molar-refractivity contribution in [3.05, 3.63) is 21.0 Å². The summed E-state index contributed by atoms with van der Waals surface area (Å²) in [7, 11) is 0. The van der Waals surface area contributed by atoms with Crippen LogP contribution in [0, 0.1) is 12.3 Å². The molecule has 0 bridgehead atoms. The molecule has 0 amide bonds. The minimum absolute atomic E-state index is 0.182. The normalized spacial score (nSPS) is 17.2. The second-order valence-corrected chi connectivity index (χ2v) is 6.16. The minimum Gasteiger partial charge on any atom is -0.381 e. The predicted molar refractivity (Wildman–Crippen MR) is 88.4 cm³/mol. The topological polar surface area (TPSA) is 50.2 Å². The predicted octanol–water partition coefficient (Wildman–Crippen LogP) is 1.93. The van der Waals surface area contributed by atoms with E-state index in [1.165, 1.54) is 23.9 Å². The molecule has 21 heavy (non-hydrogen) atoms. The molecule has 1 aromatic rings. The zero-order chi connectivity index (χ0) is 15.2. The van der Waals surface area contributed by atoms with Gasteiger partial charge in [-0.05, 0) is 48.8 Å². The van der Waals surface area contributed by atoms with Gasteiger partial charge in [-0.25, -0.2) is 4.68 Å². The van der Waals surface area contributed by atoms with Crippen molar-refractivity contribution in [3.63, 3.8) is 0 Å². The Morgan fingerprint density at radius 1 is 1.48 bits per heavy atom. The summed E-state index contributed by atoms with van der Waals surface area (Å²) in [6.45, 7) is 5.50. The van der Waals surface area contributed by atoms with Gasteiger partial charge in [0.15, 0.2) is 0 Å². The number of terminal acetylenes is 1. The standard InChI is InChI=1S/C15H21BrN4O/c1-3-7-20-15(21)14(16)13(11-18-20)17-10-12(2)19-8-5-4-6-9-19/h1,11-12,17H,4-10H2,2H3. The molecular formula is C15H21BrN4O. The lowest BCUT2D eigenvalue weighted by Crippen LogP contribution is -2.41. The number of nitrogens with one attached hydrogen (secondary N) is 1.